The number of amides is 1. The molecule has 30 heavy (non-hydrogen) atoms. The molecule has 1 atom stereocenters. The predicted molar refractivity (Wildman–Crippen MR) is 123 cm³/mol. The Bertz CT molecular complexity index is 892. The summed E-state index contributed by atoms with van der Waals surface area (Å²) in [7, 11) is 0.327. The summed E-state index contributed by atoms with van der Waals surface area (Å²) in [4.78, 5) is 25.2. The molecule has 4 nitrogen and oxygen atoms in total. The van der Waals surface area contributed by atoms with Crippen LogP contribution in [0.2, 0.25) is 0 Å². The minimum atomic E-state index is -0.212. The van der Waals surface area contributed by atoms with Crippen molar-refractivity contribution in [3.63, 3.8) is 0 Å². The van der Waals surface area contributed by atoms with Gasteiger partial charge < -0.3 is 0 Å². The Morgan fingerprint density at radius 2 is 1.33 bits per heavy atom. The number of hydroxylamine groups is 2. The molecule has 2 aromatic carbocycles. The minimum absolute atomic E-state index is 0.212. The van der Waals surface area contributed by atoms with E-state index in [-0.39, 0.29) is 25.0 Å². The predicted octanol–water partition coefficient (Wildman–Crippen LogP) is 6.67. The first-order valence-corrected chi connectivity index (χ1v) is 11.4. The molecule has 1 heterocycles. The molecule has 0 saturated heterocycles. The fourth-order valence-electron chi connectivity index (χ4n) is 3.39. The fraction of sp³-hybridized carbons (Fsp3) is 0.320. The maximum absolute atomic E-state index is 13.5. The van der Waals surface area contributed by atoms with Crippen molar-refractivity contribution < 1.29 is 14.5 Å². The van der Waals surface area contributed by atoms with Crippen LogP contribution in [0.4, 0.5) is 0 Å². The van der Waals surface area contributed by atoms with Crippen molar-refractivity contribution in [1.29, 1.82) is 0 Å². The van der Waals surface area contributed by atoms with Gasteiger partial charge in [-0.1, -0.05) is 93.6 Å². The van der Waals surface area contributed by atoms with Crippen LogP contribution < -0.4 is 0 Å². The van der Waals surface area contributed by atoms with E-state index in [1.54, 1.807) is 0 Å². The standard InChI is InChI=1S/C25H30NO3P/c1-18(2)22-17-30-24(23(22)19(3)4)25(27)26(28-15-20-11-7-5-8-12-20)29-16-21-13-9-6-10-14-21/h5-14,17-19,30H,15-16H2,1-4H3. The Morgan fingerprint density at radius 3 is 1.77 bits per heavy atom. The van der Waals surface area contributed by atoms with Crippen LogP contribution in [-0.4, -0.2) is 11.1 Å². The lowest BCUT2D eigenvalue weighted by Crippen LogP contribution is -2.31. The van der Waals surface area contributed by atoms with Crippen LogP contribution >= 0.6 is 8.19 Å². The largest absolute Gasteiger partial charge is 0.307 e. The summed E-state index contributed by atoms with van der Waals surface area (Å²) in [6, 6.07) is 19.6. The molecule has 0 saturated carbocycles. The van der Waals surface area contributed by atoms with E-state index in [0.29, 0.717) is 14.1 Å². The molecule has 0 fully saturated rings. The maximum Gasteiger partial charge on any atom is 0.307 e. The second-order valence-electron chi connectivity index (χ2n) is 7.92. The van der Waals surface area contributed by atoms with Crippen LogP contribution in [0, 0.1) is 0 Å². The zero-order valence-corrected chi connectivity index (χ0v) is 19.1. The number of benzene rings is 2. The first kappa shape index (κ1) is 22.3. The summed E-state index contributed by atoms with van der Waals surface area (Å²) in [5, 5.41) is 1.87. The summed E-state index contributed by atoms with van der Waals surface area (Å²) in [6.07, 6.45) is 0. The Balaban J connectivity index is 1.83. The smallest absolute Gasteiger partial charge is 0.264 e. The molecule has 0 aliphatic heterocycles. The molecule has 0 aliphatic rings. The molecule has 0 aliphatic carbocycles. The van der Waals surface area contributed by atoms with E-state index < -0.39 is 0 Å². The lowest BCUT2D eigenvalue weighted by molar-refractivity contribution is -0.339. The maximum atomic E-state index is 13.5. The lowest BCUT2D eigenvalue weighted by Gasteiger charge is -2.22. The van der Waals surface area contributed by atoms with Crippen LogP contribution in [0.1, 0.15) is 71.9 Å². The summed E-state index contributed by atoms with van der Waals surface area (Å²) < 4.78 is 0. The second-order valence-corrected chi connectivity index (χ2v) is 9.00. The highest BCUT2D eigenvalue weighted by Crippen LogP contribution is 2.37. The van der Waals surface area contributed by atoms with E-state index in [1.807, 2.05) is 60.7 Å². The SMILES string of the molecule is CC(C)c1c[pH]c(C(=O)N(OCc2ccccc2)OCc2ccccc2)c1C(C)C. The minimum Gasteiger partial charge on any atom is -0.264 e. The van der Waals surface area contributed by atoms with Crippen LogP contribution in [0.25, 0.3) is 0 Å². The fourth-order valence-corrected chi connectivity index (χ4v) is 4.98. The van der Waals surface area contributed by atoms with E-state index in [1.165, 1.54) is 5.56 Å². The molecule has 0 N–H and O–H groups in total. The normalized spacial score (nSPS) is 11.5. The van der Waals surface area contributed by atoms with Gasteiger partial charge in [-0.15, -0.1) is 8.19 Å². The molecule has 1 unspecified atom stereocenters. The Hall–Kier alpha value is -2.39. The van der Waals surface area contributed by atoms with E-state index >= 15 is 0 Å². The quantitative estimate of drug-likeness (QED) is 0.361. The number of hydrogen-bond acceptors (Lipinski definition) is 3. The molecule has 0 bridgehead atoms. The van der Waals surface area contributed by atoms with E-state index in [4.69, 9.17) is 9.68 Å². The van der Waals surface area contributed by atoms with E-state index in [9.17, 15) is 4.79 Å². The van der Waals surface area contributed by atoms with E-state index in [2.05, 4.69) is 33.5 Å². The van der Waals surface area contributed by atoms with Gasteiger partial charge >= 0.3 is 5.91 Å². The molecule has 5 heteroatoms. The molecule has 3 rings (SSSR count). The number of rotatable bonds is 9. The highest BCUT2D eigenvalue weighted by molar-refractivity contribution is 7.32. The van der Waals surface area contributed by atoms with Crippen LogP contribution in [-0.2, 0) is 22.9 Å². The summed E-state index contributed by atoms with van der Waals surface area (Å²) in [5.74, 6) is 2.62. The van der Waals surface area contributed by atoms with Gasteiger partial charge in [-0.25, -0.2) is 9.68 Å². The van der Waals surface area contributed by atoms with Gasteiger partial charge in [0.25, 0.3) is 0 Å². The molecule has 1 amide bonds. The lowest BCUT2D eigenvalue weighted by atomic mass is 9.93. The average Bonchev–Trinajstić information content (AvgIpc) is 3.21. The van der Waals surface area contributed by atoms with Crippen molar-refractivity contribution >= 4 is 14.1 Å². The van der Waals surface area contributed by atoms with Gasteiger partial charge in [0, 0.05) is 0 Å². The molecule has 0 spiro atoms. The van der Waals surface area contributed by atoms with Gasteiger partial charge in [-0.05, 0) is 39.9 Å². The Labute approximate surface area is 180 Å². The van der Waals surface area contributed by atoms with Crippen molar-refractivity contribution in [1.82, 2.24) is 5.23 Å². The van der Waals surface area contributed by atoms with Crippen LogP contribution in [0.5, 0.6) is 0 Å². The van der Waals surface area contributed by atoms with Gasteiger partial charge in [-0.2, -0.15) is 0 Å². The monoisotopic (exact) mass is 423 g/mol. The number of carbonyl (C=O) groups is 1. The number of nitrogens with zero attached hydrogens (tertiary/aromatic N) is 1. The second kappa shape index (κ2) is 10.6. The molecular weight excluding hydrogens is 393 g/mol. The number of carbonyl (C=O) groups excluding carboxylic acids is 1. The Kier molecular flexibility index (Phi) is 7.87. The zero-order valence-electron chi connectivity index (χ0n) is 18.1. The van der Waals surface area contributed by atoms with Crippen molar-refractivity contribution in [3.8, 4) is 0 Å². The van der Waals surface area contributed by atoms with Gasteiger partial charge in [0.1, 0.15) is 13.2 Å². The van der Waals surface area contributed by atoms with Gasteiger partial charge in [-0.3, -0.25) is 4.79 Å². The molecule has 158 valence electrons. The molecule has 1 aromatic heterocycles. The van der Waals surface area contributed by atoms with Crippen LogP contribution in [0.15, 0.2) is 66.5 Å². The van der Waals surface area contributed by atoms with Crippen molar-refractivity contribution in [3.05, 3.63) is 94.0 Å². The first-order valence-electron chi connectivity index (χ1n) is 10.4. The Morgan fingerprint density at radius 1 is 0.833 bits per heavy atom. The van der Waals surface area contributed by atoms with Gasteiger partial charge in [0.15, 0.2) is 0 Å². The zero-order chi connectivity index (χ0) is 21.5. The van der Waals surface area contributed by atoms with Crippen molar-refractivity contribution in [2.45, 2.75) is 52.7 Å². The first-order chi connectivity index (χ1) is 14.5. The topological polar surface area (TPSA) is 38.8 Å². The summed E-state index contributed by atoms with van der Waals surface area (Å²) in [6.45, 7) is 9.13. The van der Waals surface area contributed by atoms with Crippen molar-refractivity contribution in [2.24, 2.45) is 0 Å². The molecule has 3 aromatic rings. The van der Waals surface area contributed by atoms with E-state index in [0.717, 1.165) is 27.2 Å². The highest BCUT2D eigenvalue weighted by atomic mass is 31.0. The van der Waals surface area contributed by atoms with Crippen LogP contribution in [0.3, 0.4) is 0 Å². The third-order valence-electron chi connectivity index (χ3n) is 4.91. The van der Waals surface area contributed by atoms with Gasteiger partial charge in [0.05, 0.1) is 5.30 Å². The molecule has 0 radical (unpaired) electrons. The summed E-state index contributed by atoms with van der Waals surface area (Å²) >= 11 is 0. The van der Waals surface area contributed by atoms with Crippen molar-refractivity contribution in [2.75, 3.05) is 0 Å². The molecular formula is C25H30NO3P. The highest BCUT2D eigenvalue weighted by Gasteiger charge is 2.26. The average molecular weight is 423 g/mol. The summed E-state index contributed by atoms with van der Waals surface area (Å²) in [5.41, 5.74) is 4.35. The third-order valence-corrected chi connectivity index (χ3v) is 6.14. The van der Waals surface area contributed by atoms with Gasteiger partial charge in [0.2, 0.25) is 0 Å². The number of hydrogen-bond donors (Lipinski definition) is 0. The third kappa shape index (κ3) is 5.60.